The topological polar surface area (TPSA) is 0 Å². The first kappa shape index (κ1) is 57.3. The molecule has 0 amide bonds. The second-order valence-electron chi connectivity index (χ2n) is 0. The molecular formula is H5CuFeKMgMnSeZn. The molecule has 42 valence electrons. The summed E-state index contributed by atoms with van der Waals surface area (Å²) in [6.07, 6.45) is 0. The standard InChI is InChI=1S/Cu.Fe.K.Mg.Mn.H2Se.Zn.3H/h;;;;;1H2;;;;. The van der Waals surface area contributed by atoms with Crippen molar-refractivity contribution in [3.8, 4) is 0 Å². The molecule has 0 atom stereocenters. The van der Waals surface area contributed by atoms with E-state index in [1.807, 2.05) is 0 Å². The minimum absolute atomic E-state index is 0. The number of rotatable bonds is 0. The van der Waals surface area contributed by atoms with E-state index in [-0.39, 0.29) is 162 Å². The fourth-order valence-electron chi connectivity index (χ4n) is 0. The summed E-state index contributed by atoms with van der Waals surface area (Å²) in [7, 11) is 0. The van der Waals surface area contributed by atoms with E-state index in [2.05, 4.69) is 0 Å². The Morgan fingerprint density at radius 1 is 1.00 bits per heavy atom. The van der Waals surface area contributed by atoms with Gasteiger partial charge in [-0.15, -0.1) is 0 Å². The van der Waals surface area contributed by atoms with Crippen LogP contribution in [0.15, 0.2) is 0 Å². The Morgan fingerprint density at radius 2 is 1.00 bits per heavy atom. The number of hydrogen-bond acceptors (Lipinski definition) is 0. The quantitative estimate of drug-likeness (QED) is 0.404. The minimum atomic E-state index is 0. The first-order chi connectivity index (χ1) is 0. The van der Waals surface area contributed by atoms with E-state index >= 15 is 0 Å². The van der Waals surface area contributed by atoms with Crippen molar-refractivity contribution in [3.05, 3.63) is 0 Å². The molecule has 0 rings (SSSR count). The van der Waals surface area contributed by atoms with Crippen molar-refractivity contribution in [2.45, 2.75) is 0 Å². The third kappa shape index (κ3) is 35.3. The normalized spacial score (nSPS) is 0. The smallest absolute Gasteiger partial charge is 0 e. The summed E-state index contributed by atoms with van der Waals surface area (Å²) in [5.74, 6) is 0. The molecule has 0 aromatic heterocycles. The third-order valence-corrected chi connectivity index (χ3v) is 0. The molecule has 0 saturated carbocycles. The Labute approximate surface area is 158 Å². The van der Waals surface area contributed by atoms with Crippen LogP contribution in [0.25, 0.3) is 0 Å². The summed E-state index contributed by atoms with van der Waals surface area (Å²) in [5, 5.41) is 0. The fourth-order valence-corrected chi connectivity index (χ4v) is 0. The van der Waals surface area contributed by atoms with Crippen LogP contribution in [0.4, 0.5) is 0 Å². The summed E-state index contributed by atoms with van der Waals surface area (Å²) in [6, 6.07) is 0. The van der Waals surface area contributed by atoms with Crippen molar-refractivity contribution in [1.82, 2.24) is 0 Å². The minimum Gasteiger partial charge on any atom is 0 e. The van der Waals surface area contributed by atoms with Gasteiger partial charge >= 0.3 is 91.5 Å². The summed E-state index contributed by atoms with van der Waals surface area (Å²) < 4.78 is 0. The molecule has 7 heteroatoms. The van der Waals surface area contributed by atoms with Crippen molar-refractivity contribution in [2.75, 3.05) is 0 Å². The van der Waals surface area contributed by atoms with Crippen LogP contribution in [-0.2, 0) is 70.7 Å². The average Bonchev–Trinajstić information content (AvgIpc) is 0. The molecular weight excluding hydrogens is 382 g/mol. The van der Waals surface area contributed by atoms with Crippen LogP contribution >= 0.6 is 0 Å². The molecule has 0 spiro atoms. The molecule has 0 unspecified atom stereocenters. The van der Waals surface area contributed by atoms with E-state index in [9.17, 15) is 0 Å². The Kier molecular flexibility index (Phi) is 356. The Morgan fingerprint density at radius 3 is 1.00 bits per heavy atom. The van der Waals surface area contributed by atoms with Gasteiger partial charge in [-0.2, -0.15) is 0 Å². The maximum absolute atomic E-state index is 0. The third-order valence-electron chi connectivity index (χ3n) is 0. The molecule has 0 N–H and O–H groups in total. The van der Waals surface area contributed by atoms with Crippen LogP contribution in [0.3, 0.4) is 0 Å². The molecule has 0 nitrogen and oxygen atoms in total. The molecule has 0 aromatic carbocycles. The van der Waals surface area contributed by atoms with E-state index in [1.165, 1.54) is 0 Å². The zero-order chi connectivity index (χ0) is 0. The molecule has 0 aromatic rings. The monoisotopic (exact) mass is 386 g/mol. The van der Waals surface area contributed by atoms with E-state index in [0.717, 1.165) is 0 Å². The van der Waals surface area contributed by atoms with Crippen LogP contribution < -0.4 is 0 Å². The van der Waals surface area contributed by atoms with E-state index < -0.39 is 0 Å². The van der Waals surface area contributed by atoms with Gasteiger partial charge in [-0.25, -0.2) is 0 Å². The maximum atomic E-state index is 0. The predicted octanol–water partition coefficient (Wildman–Crippen LogP) is -2.49. The summed E-state index contributed by atoms with van der Waals surface area (Å²) >= 11 is 0. The van der Waals surface area contributed by atoms with Crippen molar-refractivity contribution < 1.29 is 70.7 Å². The van der Waals surface area contributed by atoms with Crippen molar-refractivity contribution in [3.63, 3.8) is 0 Å². The van der Waals surface area contributed by atoms with Crippen LogP contribution in [0.5, 0.6) is 0 Å². The second-order valence-corrected chi connectivity index (χ2v) is 0. The number of hydrogen-bond donors (Lipinski definition) is 0. The fraction of sp³-hybridized carbons (Fsp3) is 0. The maximum Gasteiger partial charge on any atom is 0 e. The molecule has 0 saturated heterocycles. The van der Waals surface area contributed by atoms with Gasteiger partial charge in [0, 0.05) is 70.7 Å². The van der Waals surface area contributed by atoms with Gasteiger partial charge in [0.15, 0.2) is 0 Å². The zero-order valence-corrected chi connectivity index (χ0v) is 10.5. The Bertz CT molecular complexity index is 19.7. The first-order valence-corrected chi connectivity index (χ1v) is 0. The second kappa shape index (κ2) is 43.5. The Hall–Kier alpha value is 5.10. The molecule has 0 heterocycles. The first-order valence-electron chi connectivity index (χ1n) is 0. The molecule has 7 heavy (non-hydrogen) atoms. The van der Waals surface area contributed by atoms with Gasteiger partial charge in [0.25, 0.3) is 0 Å². The zero-order valence-electron chi connectivity index (χ0n) is 2.24. The van der Waals surface area contributed by atoms with Gasteiger partial charge in [0.2, 0.25) is 0 Å². The molecule has 0 fully saturated rings. The molecule has 0 aliphatic carbocycles. The van der Waals surface area contributed by atoms with Crippen molar-refractivity contribution in [1.29, 1.82) is 0 Å². The molecule has 0 aliphatic rings. The van der Waals surface area contributed by atoms with Gasteiger partial charge in [0.05, 0.1) is 0 Å². The van der Waals surface area contributed by atoms with Crippen LogP contribution in [-0.4, -0.2) is 91.5 Å². The molecule has 0 aliphatic heterocycles. The van der Waals surface area contributed by atoms with Crippen LogP contribution in [0, 0.1) is 0 Å². The van der Waals surface area contributed by atoms with Crippen LogP contribution in [0.1, 0.15) is 0 Å². The van der Waals surface area contributed by atoms with Gasteiger partial charge in [0.1, 0.15) is 0 Å². The summed E-state index contributed by atoms with van der Waals surface area (Å²) in [4.78, 5) is 0. The van der Waals surface area contributed by atoms with Crippen molar-refractivity contribution in [2.24, 2.45) is 0 Å². The van der Waals surface area contributed by atoms with Crippen LogP contribution in [0.2, 0.25) is 0 Å². The van der Waals surface area contributed by atoms with E-state index in [1.54, 1.807) is 0 Å². The molecule has 0 bridgehead atoms. The summed E-state index contributed by atoms with van der Waals surface area (Å²) in [6.45, 7) is 0. The molecule has 2 radical (unpaired) electrons. The van der Waals surface area contributed by atoms with Gasteiger partial charge in [-0.1, -0.05) is 0 Å². The largest absolute Gasteiger partial charge is 0 e. The Balaban J connectivity index is 0. The van der Waals surface area contributed by atoms with E-state index in [4.69, 9.17) is 0 Å². The van der Waals surface area contributed by atoms with Gasteiger partial charge in [-0.05, 0) is 0 Å². The van der Waals surface area contributed by atoms with Crippen molar-refractivity contribution >= 4 is 91.5 Å². The average molecular weight is 387 g/mol. The van der Waals surface area contributed by atoms with Gasteiger partial charge < -0.3 is 0 Å². The SMILES string of the molecule is [Cu].[Fe].[KH].[MgH2].[Mn].[SeH2].[Zn]. The van der Waals surface area contributed by atoms with E-state index in [0.29, 0.717) is 0 Å². The van der Waals surface area contributed by atoms with Gasteiger partial charge in [-0.3, -0.25) is 0 Å². The predicted molar refractivity (Wildman–Crippen MR) is 24.2 cm³/mol. The summed E-state index contributed by atoms with van der Waals surface area (Å²) in [5.41, 5.74) is 0.